The Morgan fingerprint density at radius 3 is 2.23 bits per heavy atom. The van der Waals surface area contributed by atoms with Crippen molar-refractivity contribution in [3.63, 3.8) is 0 Å². The van der Waals surface area contributed by atoms with Crippen molar-refractivity contribution in [1.82, 2.24) is 4.90 Å². The zero-order valence-electron chi connectivity index (χ0n) is 23.9. The minimum atomic E-state index is -0.869. The molecule has 2 heterocycles. The van der Waals surface area contributed by atoms with E-state index >= 15 is 0 Å². The largest absolute Gasteiger partial charge is 0.369 e. The zero-order chi connectivity index (χ0) is 30.8. The van der Waals surface area contributed by atoms with E-state index in [1.165, 1.54) is 6.07 Å². The van der Waals surface area contributed by atoms with Crippen molar-refractivity contribution in [1.29, 1.82) is 0 Å². The van der Waals surface area contributed by atoms with E-state index in [2.05, 4.69) is 44.9 Å². The fourth-order valence-corrected chi connectivity index (χ4v) is 5.26. The maximum absolute atomic E-state index is 13.5. The van der Waals surface area contributed by atoms with E-state index in [1.54, 1.807) is 42.6 Å². The maximum atomic E-state index is 13.5. The van der Waals surface area contributed by atoms with Crippen LogP contribution in [0.2, 0.25) is 0 Å². The van der Waals surface area contributed by atoms with Gasteiger partial charge < -0.3 is 25.8 Å². The summed E-state index contributed by atoms with van der Waals surface area (Å²) >= 11 is 0. The van der Waals surface area contributed by atoms with Gasteiger partial charge in [0.1, 0.15) is 11.6 Å². The maximum Gasteiger partial charge on any atom is 0.257 e. The summed E-state index contributed by atoms with van der Waals surface area (Å²) in [6, 6.07) is 21.8. The lowest BCUT2D eigenvalue weighted by Gasteiger charge is -2.34. The number of carbonyl (C=O) groups is 3. The number of piperazine rings is 1. The third kappa shape index (κ3) is 6.20. The van der Waals surface area contributed by atoms with Crippen LogP contribution in [-0.4, -0.2) is 55.7 Å². The first-order chi connectivity index (χ1) is 21.2. The van der Waals surface area contributed by atoms with Crippen molar-refractivity contribution in [3.05, 3.63) is 125 Å². The summed E-state index contributed by atoms with van der Waals surface area (Å²) in [5.74, 6) is -3.07. The number of nitrogens with zero attached hydrogens (tertiary/aromatic N) is 2. The summed E-state index contributed by atoms with van der Waals surface area (Å²) < 4.78 is 27.1. The third-order valence-electron chi connectivity index (χ3n) is 7.69. The molecule has 6 rings (SSSR count). The molecular weight excluding hydrogens is 564 g/mol. The van der Waals surface area contributed by atoms with Crippen LogP contribution in [0.15, 0.2) is 91.1 Å². The Bertz CT molecular complexity index is 1780. The average Bonchev–Trinajstić information content (AvgIpc) is 3.33. The highest BCUT2D eigenvalue weighted by atomic mass is 19.1. The average molecular weight is 594 g/mol. The molecule has 1 saturated heterocycles. The molecule has 0 saturated carbocycles. The van der Waals surface area contributed by atoms with Gasteiger partial charge in [-0.1, -0.05) is 24.3 Å². The van der Waals surface area contributed by atoms with Crippen LogP contribution in [0.3, 0.4) is 0 Å². The van der Waals surface area contributed by atoms with Gasteiger partial charge >= 0.3 is 0 Å². The van der Waals surface area contributed by atoms with E-state index in [4.69, 9.17) is 0 Å². The number of carbonyl (C=O) groups excluding carboxylic acids is 3. The van der Waals surface area contributed by atoms with Gasteiger partial charge in [0.15, 0.2) is 5.78 Å². The first-order valence-electron chi connectivity index (χ1n) is 14.1. The number of ketones is 1. The third-order valence-corrected chi connectivity index (χ3v) is 7.69. The summed E-state index contributed by atoms with van der Waals surface area (Å²) in [5, 5.41) is 8.59. The molecule has 4 aromatic rings. The highest BCUT2D eigenvalue weighted by Gasteiger charge is 2.25. The SMILES string of the molecule is CN1CCN(c2ccc(N/C=C3/C(=O)Nc4cc(C(=O)c5cccc(NC(=O)c6cc(F)cc(F)c6)c5)ccc43)cc2)CC1. The second-order valence-electron chi connectivity index (χ2n) is 10.8. The van der Waals surface area contributed by atoms with Crippen LogP contribution in [0.4, 0.5) is 31.5 Å². The molecule has 2 amide bonds. The molecule has 4 aromatic carbocycles. The number of rotatable bonds is 7. The quantitative estimate of drug-likeness (QED) is 0.191. The van der Waals surface area contributed by atoms with Gasteiger partial charge in [0, 0.05) is 83.4 Å². The number of fused-ring (bicyclic) bond motifs is 1. The number of amides is 2. The van der Waals surface area contributed by atoms with E-state index in [0.29, 0.717) is 28.5 Å². The number of benzene rings is 4. The van der Waals surface area contributed by atoms with E-state index in [9.17, 15) is 23.2 Å². The minimum Gasteiger partial charge on any atom is -0.369 e. The second kappa shape index (κ2) is 12.1. The molecule has 0 spiro atoms. The predicted molar refractivity (Wildman–Crippen MR) is 167 cm³/mol. The van der Waals surface area contributed by atoms with Gasteiger partial charge in [-0.15, -0.1) is 0 Å². The molecular formula is C34H29F2N5O3. The van der Waals surface area contributed by atoms with Gasteiger partial charge in [-0.05, 0) is 61.6 Å². The molecule has 0 unspecified atom stereocenters. The lowest BCUT2D eigenvalue weighted by atomic mass is 9.99. The Kier molecular flexibility index (Phi) is 7.91. The summed E-state index contributed by atoms with van der Waals surface area (Å²) in [5.41, 5.74) is 4.35. The Morgan fingerprint density at radius 2 is 1.50 bits per heavy atom. The highest BCUT2D eigenvalue weighted by Crippen LogP contribution is 2.33. The molecule has 10 heteroatoms. The fourth-order valence-electron chi connectivity index (χ4n) is 5.26. The standard InChI is InChI=1S/C34H29F2N5O3/c1-40-11-13-41(14-12-40)28-8-6-26(7-9-28)37-20-30-29-10-5-22(18-31(29)39-34(30)44)32(42)21-3-2-4-27(17-21)38-33(43)23-15-24(35)19-25(36)16-23/h2-10,15-20,37H,11-14H2,1H3,(H,38,43)(H,39,44)/b30-20+. The van der Waals surface area contributed by atoms with Crippen molar-refractivity contribution in [2.75, 3.05) is 54.1 Å². The van der Waals surface area contributed by atoms with Crippen LogP contribution >= 0.6 is 0 Å². The van der Waals surface area contributed by atoms with Gasteiger partial charge in [-0.3, -0.25) is 14.4 Å². The Morgan fingerprint density at radius 1 is 0.795 bits per heavy atom. The topological polar surface area (TPSA) is 93.8 Å². The molecule has 0 bridgehead atoms. The molecule has 222 valence electrons. The molecule has 3 N–H and O–H groups in total. The number of likely N-dealkylation sites (N-methyl/N-ethyl adjacent to an activating group) is 1. The monoisotopic (exact) mass is 593 g/mol. The van der Waals surface area contributed by atoms with E-state index in [-0.39, 0.29) is 28.5 Å². The van der Waals surface area contributed by atoms with Crippen molar-refractivity contribution in [2.45, 2.75) is 0 Å². The molecule has 1 fully saturated rings. The Hall–Kier alpha value is -5.35. The van der Waals surface area contributed by atoms with Crippen LogP contribution in [0.25, 0.3) is 5.57 Å². The van der Waals surface area contributed by atoms with Gasteiger partial charge in [-0.25, -0.2) is 8.78 Å². The van der Waals surface area contributed by atoms with Crippen LogP contribution in [0, 0.1) is 11.6 Å². The van der Waals surface area contributed by atoms with E-state index in [0.717, 1.165) is 49.7 Å². The summed E-state index contributed by atoms with van der Waals surface area (Å²) in [6.45, 7) is 4.02. The fraction of sp³-hybridized carbons (Fsp3) is 0.147. The van der Waals surface area contributed by atoms with Gasteiger partial charge in [-0.2, -0.15) is 0 Å². The molecule has 44 heavy (non-hydrogen) atoms. The number of halogens is 2. The summed E-state index contributed by atoms with van der Waals surface area (Å²) in [7, 11) is 2.12. The zero-order valence-corrected chi connectivity index (χ0v) is 23.9. The second-order valence-corrected chi connectivity index (χ2v) is 10.8. The lowest BCUT2D eigenvalue weighted by molar-refractivity contribution is -0.110. The molecule has 2 aliphatic rings. The molecule has 2 aliphatic heterocycles. The lowest BCUT2D eigenvalue weighted by Crippen LogP contribution is -2.44. The van der Waals surface area contributed by atoms with Crippen molar-refractivity contribution in [2.24, 2.45) is 0 Å². The van der Waals surface area contributed by atoms with Gasteiger partial charge in [0.2, 0.25) is 0 Å². The number of anilines is 4. The summed E-state index contributed by atoms with van der Waals surface area (Å²) in [6.07, 6.45) is 1.66. The molecule has 0 atom stereocenters. The van der Waals surface area contributed by atoms with E-state index in [1.807, 2.05) is 12.1 Å². The first-order valence-corrected chi connectivity index (χ1v) is 14.1. The van der Waals surface area contributed by atoms with Gasteiger partial charge in [0.05, 0.1) is 5.57 Å². The molecule has 0 radical (unpaired) electrons. The summed E-state index contributed by atoms with van der Waals surface area (Å²) in [4.78, 5) is 43.3. The Labute approximate surface area is 253 Å². The van der Waals surface area contributed by atoms with Crippen LogP contribution in [0.1, 0.15) is 31.8 Å². The smallest absolute Gasteiger partial charge is 0.257 e. The highest BCUT2D eigenvalue weighted by molar-refractivity contribution is 6.32. The predicted octanol–water partition coefficient (Wildman–Crippen LogP) is 5.61. The number of nitrogens with one attached hydrogen (secondary N) is 3. The molecule has 0 aliphatic carbocycles. The number of hydrogen-bond acceptors (Lipinski definition) is 6. The Balaban J connectivity index is 1.14. The minimum absolute atomic E-state index is 0.186. The van der Waals surface area contributed by atoms with Crippen molar-refractivity contribution < 1.29 is 23.2 Å². The van der Waals surface area contributed by atoms with Crippen LogP contribution in [-0.2, 0) is 4.79 Å². The molecule has 0 aromatic heterocycles. The van der Waals surface area contributed by atoms with Gasteiger partial charge in [0.25, 0.3) is 11.8 Å². The van der Waals surface area contributed by atoms with Crippen molar-refractivity contribution >= 4 is 45.9 Å². The van der Waals surface area contributed by atoms with E-state index < -0.39 is 17.5 Å². The van der Waals surface area contributed by atoms with Crippen LogP contribution < -0.4 is 20.9 Å². The normalized spacial score (nSPS) is 15.6. The van der Waals surface area contributed by atoms with Crippen LogP contribution in [0.5, 0.6) is 0 Å². The number of hydrogen-bond donors (Lipinski definition) is 3. The molecule has 8 nitrogen and oxygen atoms in total. The van der Waals surface area contributed by atoms with Crippen molar-refractivity contribution in [3.8, 4) is 0 Å². The first kappa shape index (κ1) is 28.8.